The van der Waals surface area contributed by atoms with Crippen molar-refractivity contribution in [1.82, 2.24) is 19.9 Å². The number of nitriles is 1. The number of methoxy groups -OCH3 is 1. The lowest BCUT2D eigenvalue weighted by atomic mass is 9.98. The number of aryl methyl sites for hydroxylation is 1. The zero-order chi connectivity index (χ0) is 19.9. The highest BCUT2D eigenvalue weighted by atomic mass is 32.2. The number of benzene rings is 1. The highest BCUT2D eigenvalue weighted by molar-refractivity contribution is 7.99. The molecule has 28 heavy (non-hydrogen) atoms. The summed E-state index contributed by atoms with van der Waals surface area (Å²) in [5.41, 5.74) is 1.96. The molecule has 2 aromatic heterocycles. The summed E-state index contributed by atoms with van der Waals surface area (Å²) in [4.78, 5) is 12.4. The SMILES string of the molecule is COc1ccc2c(C)cc3nnc(SCC(=O)NC(C)(C#N)C4CC4)n3c2c1. The lowest BCUT2D eigenvalue weighted by Gasteiger charge is -2.22. The van der Waals surface area contributed by atoms with Gasteiger partial charge in [-0.25, -0.2) is 0 Å². The van der Waals surface area contributed by atoms with Crippen molar-refractivity contribution in [1.29, 1.82) is 5.26 Å². The highest BCUT2D eigenvalue weighted by Gasteiger charge is 2.42. The van der Waals surface area contributed by atoms with Gasteiger partial charge >= 0.3 is 0 Å². The van der Waals surface area contributed by atoms with Crippen molar-refractivity contribution in [3.63, 3.8) is 0 Å². The van der Waals surface area contributed by atoms with E-state index in [0.29, 0.717) is 5.16 Å². The van der Waals surface area contributed by atoms with E-state index in [1.165, 1.54) is 11.8 Å². The molecule has 7 nitrogen and oxygen atoms in total. The van der Waals surface area contributed by atoms with Crippen LogP contribution in [-0.4, -0.2) is 38.9 Å². The number of ether oxygens (including phenoxy) is 1. The predicted octanol–water partition coefficient (Wildman–Crippen LogP) is 3.10. The Kier molecular flexibility index (Phi) is 4.63. The number of carbonyl (C=O) groups is 1. The van der Waals surface area contributed by atoms with Gasteiger partial charge in [-0.3, -0.25) is 9.20 Å². The molecule has 0 saturated heterocycles. The molecule has 1 N–H and O–H groups in total. The molecule has 1 amide bonds. The number of aromatic nitrogens is 3. The number of carbonyl (C=O) groups excluding carboxylic acids is 1. The van der Waals surface area contributed by atoms with Crippen LogP contribution in [0, 0.1) is 24.2 Å². The second kappa shape index (κ2) is 6.99. The van der Waals surface area contributed by atoms with Crippen LogP contribution in [0.25, 0.3) is 16.6 Å². The molecule has 0 spiro atoms. The summed E-state index contributed by atoms with van der Waals surface area (Å²) in [5, 5.41) is 22.5. The minimum absolute atomic E-state index is 0.171. The van der Waals surface area contributed by atoms with Crippen LogP contribution in [-0.2, 0) is 4.79 Å². The quantitative estimate of drug-likeness (QED) is 0.645. The molecule has 0 aliphatic heterocycles. The van der Waals surface area contributed by atoms with E-state index in [2.05, 4.69) is 21.6 Å². The third kappa shape index (κ3) is 3.27. The maximum atomic E-state index is 12.4. The Morgan fingerprint density at radius 2 is 2.21 bits per heavy atom. The lowest BCUT2D eigenvalue weighted by Crippen LogP contribution is -2.47. The second-order valence-corrected chi connectivity index (χ2v) is 8.25. The molecule has 1 unspecified atom stereocenters. The Morgan fingerprint density at radius 3 is 2.89 bits per heavy atom. The van der Waals surface area contributed by atoms with E-state index >= 15 is 0 Å². The second-order valence-electron chi connectivity index (χ2n) is 7.31. The Bertz CT molecular complexity index is 1120. The zero-order valence-electron chi connectivity index (χ0n) is 16.0. The average molecular weight is 395 g/mol. The van der Waals surface area contributed by atoms with Crippen LogP contribution in [0.1, 0.15) is 25.3 Å². The summed E-state index contributed by atoms with van der Waals surface area (Å²) in [6.07, 6.45) is 1.97. The normalized spacial score (nSPS) is 15.9. The number of nitrogens with one attached hydrogen (secondary N) is 1. The number of rotatable bonds is 6. The minimum Gasteiger partial charge on any atom is -0.497 e. The van der Waals surface area contributed by atoms with E-state index in [1.54, 1.807) is 14.0 Å². The highest BCUT2D eigenvalue weighted by Crippen LogP contribution is 2.39. The summed E-state index contributed by atoms with van der Waals surface area (Å²) in [6.45, 7) is 3.83. The minimum atomic E-state index is -0.790. The number of nitrogens with zero attached hydrogens (tertiary/aromatic N) is 4. The van der Waals surface area contributed by atoms with Crippen molar-refractivity contribution in [3.8, 4) is 11.8 Å². The fraction of sp³-hybridized carbons (Fsp3) is 0.400. The maximum Gasteiger partial charge on any atom is 0.231 e. The van der Waals surface area contributed by atoms with Crippen molar-refractivity contribution < 1.29 is 9.53 Å². The van der Waals surface area contributed by atoms with Crippen LogP contribution < -0.4 is 10.1 Å². The molecule has 1 saturated carbocycles. The Labute approximate surface area is 167 Å². The molecule has 0 bridgehead atoms. The molecule has 1 aliphatic carbocycles. The Hall–Kier alpha value is -2.79. The first kappa shape index (κ1) is 18.6. The first-order valence-corrected chi connectivity index (χ1v) is 10.1. The number of amides is 1. The summed E-state index contributed by atoms with van der Waals surface area (Å²) < 4.78 is 7.30. The third-order valence-electron chi connectivity index (χ3n) is 5.23. The summed E-state index contributed by atoms with van der Waals surface area (Å²) >= 11 is 1.31. The molecular formula is C20H21N5O2S. The Morgan fingerprint density at radius 1 is 1.43 bits per heavy atom. The molecule has 8 heteroatoms. The third-order valence-corrected chi connectivity index (χ3v) is 6.16. The summed E-state index contributed by atoms with van der Waals surface area (Å²) in [6, 6.07) is 10.1. The van der Waals surface area contributed by atoms with Gasteiger partial charge in [-0.1, -0.05) is 11.8 Å². The number of thioether (sulfide) groups is 1. The van der Waals surface area contributed by atoms with Gasteiger partial charge in [0, 0.05) is 11.5 Å². The van der Waals surface area contributed by atoms with Gasteiger partial charge in [0.2, 0.25) is 5.91 Å². The maximum absolute atomic E-state index is 12.4. The van der Waals surface area contributed by atoms with Crippen LogP contribution in [0.5, 0.6) is 5.75 Å². The number of hydrogen-bond acceptors (Lipinski definition) is 6. The van der Waals surface area contributed by atoms with Crippen LogP contribution in [0.15, 0.2) is 29.4 Å². The monoisotopic (exact) mass is 395 g/mol. The van der Waals surface area contributed by atoms with Gasteiger partial charge in [0.1, 0.15) is 11.3 Å². The van der Waals surface area contributed by atoms with Gasteiger partial charge in [0.15, 0.2) is 10.8 Å². The van der Waals surface area contributed by atoms with Crippen molar-refractivity contribution in [3.05, 3.63) is 29.8 Å². The molecule has 1 atom stereocenters. The largest absolute Gasteiger partial charge is 0.497 e. The molecule has 4 rings (SSSR count). The molecule has 2 heterocycles. The van der Waals surface area contributed by atoms with Gasteiger partial charge in [0.05, 0.1) is 24.4 Å². The van der Waals surface area contributed by atoms with E-state index in [1.807, 2.05) is 35.6 Å². The molecule has 0 radical (unpaired) electrons. The topological polar surface area (TPSA) is 92.3 Å². The molecule has 1 aromatic carbocycles. The van der Waals surface area contributed by atoms with E-state index in [4.69, 9.17) is 4.74 Å². The fourth-order valence-electron chi connectivity index (χ4n) is 3.46. The summed E-state index contributed by atoms with van der Waals surface area (Å²) in [5.74, 6) is 0.992. The molecule has 1 fully saturated rings. The number of pyridine rings is 1. The van der Waals surface area contributed by atoms with Crippen LogP contribution >= 0.6 is 11.8 Å². The first-order valence-electron chi connectivity index (χ1n) is 9.13. The van der Waals surface area contributed by atoms with E-state index in [9.17, 15) is 10.1 Å². The van der Waals surface area contributed by atoms with Crippen LogP contribution in [0.3, 0.4) is 0 Å². The lowest BCUT2D eigenvalue weighted by molar-refractivity contribution is -0.119. The van der Waals surface area contributed by atoms with Crippen LogP contribution in [0.2, 0.25) is 0 Å². The summed E-state index contributed by atoms with van der Waals surface area (Å²) in [7, 11) is 1.63. The van der Waals surface area contributed by atoms with Gasteiger partial charge in [0.25, 0.3) is 0 Å². The van der Waals surface area contributed by atoms with Gasteiger partial charge in [-0.2, -0.15) is 5.26 Å². The van der Waals surface area contributed by atoms with Crippen molar-refractivity contribution in [2.24, 2.45) is 5.92 Å². The zero-order valence-corrected chi connectivity index (χ0v) is 16.8. The van der Waals surface area contributed by atoms with Gasteiger partial charge in [-0.05, 0) is 56.4 Å². The first-order chi connectivity index (χ1) is 13.4. The number of hydrogen-bond donors (Lipinski definition) is 1. The number of fused-ring (bicyclic) bond motifs is 3. The Balaban J connectivity index is 1.61. The van der Waals surface area contributed by atoms with Gasteiger partial charge < -0.3 is 10.1 Å². The standard InChI is InChI=1S/C20H21N5O2S/c1-12-8-17-23-24-19(25(17)16-9-14(27-3)6-7-15(12)16)28-10-18(26)22-20(2,11-21)13-4-5-13/h6-9,13H,4-5,10H2,1-3H3,(H,22,26). The van der Waals surface area contributed by atoms with Gasteiger partial charge in [-0.15, -0.1) is 10.2 Å². The molecule has 144 valence electrons. The van der Waals surface area contributed by atoms with E-state index < -0.39 is 5.54 Å². The average Bonchev–Trinajstić information content (AvgIpc) is 3.48. The molecule has 3 aromatic rings. The predicted molar refractivity (Wildman–Crippen MR) is 107 cm³/mol. The van der Waals surface area contributed by atoms with Crippen molar-refractivity contribution in [2.45, 2.75) is 37.4 Å². The molecular weight excluding hydrogens is 374 g/mol. The van der Waals surface area contributed by atoms with Crippen molar-refractivity contribution >= 4 is 34.2 Å². The van der Waals surface area contributed by atoms with E-state index in [-0.39, 0.29) is 17.6 Å². The smallest absolute Gasteiger partial charge is 0.231 e. The van der Waals surface area contributed by atoms with Crippen molar-refractivity contribution in [2.75, 3.05) is 12.9 Å². The molecule has 1 aliphatic rings. The van der Waals surface area contributed by atoms with Crippen LogP contribution in [0.4, 0.5) is 0 Å². The fourth-order valence-corrected chi connectivity index (χ4v) is 4.21. The van der Waals surface area contributed by atoms with E-state index in [0.717, 1.165) is 40.7 Å².